The van der Waals surface area contributed by atoms with Crippen LogP contribution in [0.4, 0.5) is 0 Å². The Hall–Kier alpha value is -3.08. The SMILES string of the molecule is C=C(C)CO[C@H](C[C@H](C(C)C)N(C)C(=O)[C@@H](N)[C@@H](C)CC)c1nc(C(=O)NC(Cc2ccccc2)CC(C)C(=O)O)cs1. The molecule has 2 aromatic rings. The van der Waals surface area contributed by atoms with E-state index in [4.69, 9.17) is 10.5 Å². The number of amides is 2. The van der Waals surface area contributed by atoms with Crippen molar-refractivity contribution in [2.24, 2.45) is 23.5 Å². The molecule has 0 spiro atoms. The third-order valence-corrected chi connectivity index (χ3v) is 8.83. The van der Waals surface area contributed by atoms with Crippen molar-refractivity contribution in [2.45, 2.75) is 91.5 Å². The van der Waals surface area contributed by atoms with Crippen LogP contribution < -0.4 is 11.1 Å². The number of likely N-dealkylation sites (N-methyl/N-ethyl adjacent to an activating group) is 1. The molecule has 0 radical (unpaired) electrons. The summed E-state index contributed by atoms with van der Waals surface area (Å²) in [5.74, 6) is -1.83. The molecule has 6 atom stereocenters. The molecule has 1 aromatic carbocycles. The van der Waals surface area contributed by atoms with Crippen molar-refractivity contribution in [3.8, 4) is 0 Å². The molecule has 0 fully saturated rings. The van der Waals surface area contributed by atoms with Crippen LogP contribution in [-0.4, -0.2) is 64.6 Å². The van der Waals surface area contributed by atoms with Crippen molar-refractivity contribution in [3.05, 3.63) is 64.1 Å². The normalized spacial score (nSPS) is 15.7. The lowest BCUT2D eigenvalue weighted by Crippen LogP contribution is -2.51. The van der Waals surface area contributed by atoms with Gasteiger partial charge in [0.1, 0.15) is 16.8 Å². The van der Waals surface area contributed by atoms with Crippen molar-refractivity contribution in [2.75, 3.05) is 13.7 Å². The lowest BCUT2D eigenvalue weighted by Gasteiger charge is -2.36. The monoisotopic (exact) mass is 614 g/mol. The molecular formula is C33H50N4O5S. The predicted molar refractivity (Wildman–Crippen MR) is 172 cm³/mol. The Morgan fingerprint density at radius 1 is 1.14 bits per heavy atom. The number of hydrogen-bond donors (Lipinski definition) is 3. The number of ether oxygens (including phenoxy) is 1. The molecule has 238 valence electrons. The molecule has 0 aliphatic carbocycles. The van der Waals surface area contributed by atoms with E-state index in [0.29, 0.717) is 24.5 Å². The van der Waals surface area contributed by atoms with Crippen LogP contribution in [0.15, 0.2) is 47.9 Å². The van der Waals surface area contributed by atoms with Gasteiger partial charge < -0.3 is 25.8 Å². The largest absolute Gasteiger partial charge is 0.481 e. The minimum atomic E-state index is -0.908. The number of benzene rings is 1. The average molecular weight is 615 g/mol. The summed E-state index contributed by atoms with van der Waals surface area (Å²) >= 11 is 1.33. The van der Waals surface area contributed by atoms with E-state index in [1.807, 2.05) is 51.1 Å². The Kier molecular flexibility index (Phi) is 14.5. The highest BCUT2D eigenvalue weighted by Gasteiger charge is 2.33. The number of hydrogen-bond acceptors (Lipinski definition) is 7. The van der Waals surface area contributed by atoms with Gasteiger partial charge in [0.25, 0.3) is 5.91 Å². The number of nitrogens with two attached hydrogens (primary N) is 1. The first kappa shape index (κ1) is 36.1. The maximum Gasteiger partial charge on any atom is 0.306 e. The van der Waals surface area contributed by atoms with Crippen molar-refractivity contribution in [1.82, 2.24) is 15.2 Å². The number of thiazole rings is 1. The summed E-state index contributed by atoms with van der Waals surface area (Å²) in [4.78, 5) is 44.6. The fraction of sp³-hybridized carbons (Fsp3) is 0.576. The van der Waals surface area contributed by atoms with Gasteiger partial charge in [0.05, 0.1) is 18.6 Å². The minimum Gasteiger partial charge on any atom is -0.481 e. The van der Waals surface area contributed by atoms with Crippen LogP contribution in [0, 0.1) is 17.8 Å². The molecule has 9 nitrogen and oxygen atoms in total. The minimum absolute atomic E-state index is 0.0578. The first-order chi connectivity index (χ1) is 20.2. The van der Waals surface area contributed by atoms with Gasteiger partial charge in [0, 0.05) is 30.9 Å². The fourth-order valence-electron chi connectivity index (χ4n) is 4.89. The third kappa shape index (κ3) is 11.2. The van der Waals surface area contributed by atoms with Gasteiger partial charge in [-0.3, -0.25) is 14.4 Å². The van der Waals surface area contributed by atoms with Crippen molar-refractivity contribution >= 4 is 29.1 Å². The van der Waals surface area contributed by atoms with Crippen LogP contribution in [0.3, 0.4) is 0 Å². The number of nitrogens with zero attached hydrogens (tertiary/aromatic N) is 2. The number of aliphatic carboxylic acids is 1. The molecule has 10 heteroatoms. The van der Waals surface area contributed by atoms with Gasteiger partial charge in [0.15, 0.2) is 0 Å². The Morgan fingerprint density at radius 2 is 1.79 bits per heavy atom. The van der Waals surface area contributed by atoms with E-state index < -0.39 is 24.0 Å². The van der Waals surface area contributed by atoms with E-state index >= 15 is 0 Å². The van der Waals surface area contributed by atoms with Gasteiger partial charge in [-0.2, -0.15) is 0 Å². The molecule has 1 heterocycles. The summed E-state index contributed by atoms with van der Waals surface area (Å²) in [6.07, 6.45) is 1.59. The van der Waals surface area contributed by atoms with Gasteiger partial charge in [-0.15, -0.1) is 11.3 Å². The van der Waals surface area contributed by atoms with Crippen molar-refractivity contribution < 1.29 is 24.2 Å². The van der Waals surface area contributed by atoms with Crippen LogP contribution in [-0.2, 0) is 20.7 Å². The van der Waals surface area contributed by atoms with Crippen molar-refractivity contribution in [3.63, 3.8) is 0 Å². The Labute approximate surface area is 260 Å². The zero-order chi connectivity index (χ0) is 32.3. The Balaban J connectivity index is 2.28. The first-order valence-corrected chi connectivity index (χ1v) is 15.9. The molecular weight excluding hydrogens is 564 g/mol. The number of carbonyl (C=O) groups excluding carboxylic acids is 2. The second-order valence-electron chi connectivity index (χ2n) is 12.1. The van der Waals surface area contributed by atoms with Gasteiger partial charge in [-0.05, 0) is 37.2 Å². The maximum atomic E-state index is 13.4. The van der Waals surface area contributed by atoms with Crippen LogP contribution in [0.25, 0.3) is 0 Å². The number of rotatable bonds is 18. The van der Waals surface area contributed by atoms with E-state index in [-0.39, 0.29) is 47.8 Å². The quantitative estimate of drug-likeness (QED) is 0.189. The summed E-state index contributed by atoms with van der Waals surface area (Å²) in [6, 6.07) is 8.51. The molecule has 0 saturated heterocycles. The van der Waals surface area contributed by atoms with Crippen LogP contribution >= 0.6 is 11.3 Å². The molecule has 0 aliphatic heterocycles. The Morgan fingerprint density at radius 3 is 2.35 bits per heavy atom. The number of aromatic nitrogens is 1. The fourth-order valence-corrected chi connectivity index (χ4v) is 5.75. The van der Waals surface area contributed by atoms with Gasteiger partial charge in [0.2, 0.25) is 5.91 Å². The van der Waals surface area contributed by atoms with Gasteiger partial charge in [-0.1, -0.05) is 83.5 Å². The Bertz CT molecular complexity index is 1200. The lowest BCUT2D eigenvalue weighted by atomic mass is 9.93. The summed E-state index contributed by atoms with van der Waals surface area (Å²) in [5, 5.41) is 14.8. The van der Waals surface area contributed by atoms with E-state index in [1.54, 1.807) is 24.3 Å². The zero-order valence-corrected chi connectivity index (χ0v) is 27.5. The molecule has 0 saturated carbocycles. The zero-order valence-electron chi connectivity index (χ0n) is 26.7. The highest BCUT2D eigenvalue weighted by molar-refractivity contribution is 7.09. The number of carboxylic acid groups (broad SMARTS) is 1. The first-order valence-electron chi connectivity index (χ1n) is 15.1. The van der Waals surface area contributed by atoms with Gasteiger partial charge in [-0.25, -0.2) is 4.98 Å². The standard InChI is InChI=1S/C33H50N4O5S/c1-9-22(6)29(34)32(39)37(8)27(21(4)5)17-28(42-18-20(2)3)31-36-26(19-43-31)30(38)35-25(15-23(7)33(40)41)16-24-13-11-10-12-14-24/h10-14,19,21-23,25,27-29H,2,9,15-18,34H2,1,3-8H3,(H,35,38)(H,40,41)/t22-,23?,25?,27+,28+,29-/m0/s1. The number of carbonyl (C=O) groups is 3. The molecule has 43 heavy (non-hydrogen) atoms. The molecule has 0 aliphatic rings. The van der Waals surface area contributed by atoms with Crippen LogP contribution in [0.1, 0.15) is 88.0 Å². The van der Waals surface area contributed by atoms with E-state index in [1.165, 1.54) is 11.3 Å². The van der Waals surface area contributed by atoms with Crippen LogP contribution in [0.5, 0.6) is 0 Å². The summed E-state index contributed by atoms with van der Waals surface area (Å²) in [5.41, 5.74) is 8.40. The van der Waals surface area contributed by atoms with Gasteiger partial charge >= 0.3 is 5.97 Å². The summed E-state index contributed by atoms with van der Waals surface area (Å²) < 4.78 is 6.24. The summed E-state index contributed by atoms with van der Waals surface area (Å²) in [7, 11) is 1.79. The van der Waals surface area contributed by atoms with Crippen LogP contribution in [0.2, 0.25) is 0 Å². The third-order valence-electron chi connectivity index (χ3n) is 7.89. The molecule has 1 aromatic heterocycles. The number of carboxylic acids is 1. The highest BCUT2D eigenvalue weighted by atomic mass is 32.1. The summed E-state index contributed by atoms with van der Waals surface area (Å²) in [6.45, 7) is 15.9. The molecule has 4 N–H and O–H groups in total. The second-order valence-corrected chi connectivity index (χ2v) is 13.0. The average Bonchev–Trinajstić information content (AvgIpc) is 3.46. The predicted octanol–water partition coefficient (Wildman–Crippen LogP) is 5.48. The topological polar surface area (TPSA) is 135 Å². The van der Waals surface area contributed by atoms with Crippen molar-refractivity contribution in [1.29, 1.82) is 0 Å². The molecule has 2 amide bonds. The van der Waals surface area contributed by atoms with E-state index in [0.717, 1.165) is 17.6 Å². The highest BCUT2D eigenvalue weighted by Crippen LogP contribution is 2.31. The van der Waals surface area contributed by atoms with E-state index in [2.05, 4.69) is 30.7 Å². The second kappa shape index (κ2) is 17.3. The van der Waals surface area contributed by atoms with E-state index in [9.17, 15) is 19.5 Å². The number of nitrogens with one attached hydrogen (secondary N) is 1. The smallest absolute Gasteiger partial charge is 0.306 e. The molecule has 0 bridgehead atoms. The molecule has 2 rings (SSSR count). The maximum absolute atomic E-state index is 13.4. The lowest BCUT2D eigenvalue weighted by molar-refractivity contribution is -0.141. The molecule has 2 unspecified atom stereocenters.